The van der Waals surface area contributed by atoms with Crippen molar-refractivity contribution in [2.45, 2.75) is 17.7 Å². The molecule has 0 radical (unpaired) electrons. The first-order valence-corrected chi connectivity index (χ1v) is 9.50. The number of aryl methyl sites for hydroxylation is 2. The average molecular weight is 382 g/mol. The molecule has 3 rings (SSSR count). The van der Waals surface area contributed by atoms with Gasteiger partial charge in [-0.2, -0.15) is 8.42 Å². The minimum Gasteiger partial charge on any atom is -0.247 e. The summed E-state index contributed by atoms with van der Waals surface area (Å²) >= 11 is 12.1. The Morgan fingerprint density at radius 2 is 1.75 bits per heavy atom. The van der Waals surface area contributed by atoms with Crippen molar-refractivity contribution in [1.29, 1.82) is 0 Å². The first-order valence-electron chi connectivity index (χ1n) is 7.31. The van der Waals surface area contributed by atoms with Gasteiger partial charge in [-0.1, -0.05) is 47.5 Å². The van der Waals surface area contributed by atoms with Crippen LogP contribution in [0.1, 0.15) is 11.4 Å². The van der Waals surface area contributed by atoms with Gasteiger partial charge in [-0.05, 0) is 36.2 Å². The zero-order valence-electron chi connectivity index (χ0n) is 12.6. The molecule has 0 unspecified atom stereocenters. The highest BCUT2D eigenvalue weighted by Crippen LogP contribution is 2.22. The van der Waals surface area contributed by atoms with E-state index in [1.807, 2.05) is 6.07 Å². The maximum Gasteiger partial charge on any atom is 0.335 e. The monoisotopic (exact) mass is 381 g/mol. The maximum atomic E-state index is 12.7. The van der Waals surface area contributed by atoms with Gasteiger partial charge in [-0.25, -0.2) is 4.98 Å². The van der Waals surface area contributed by atoms with Gasteiger partial charge in [-0.15, -0.1) is 3.97 Å². The molecule has 0 atom stereocenters. The topological polar surface area (TPSA) is 53.8 Å². The lowest BCUT2D eigenvalue weighted by Crippen LogP contribution is -2.44. The lowest BCUT2D eigenvalue weighted by molar-refractivity contribution is -0.519. The molecule has 0 bridgehead atoms. The van der Waals surface area contributed by atoms with E-state index >= 15 is 0 Å². The molecule has 0 aliphatic rings. The molecular weight excluding hydrogens is 367 g/mol. The summed E-state index contributed by atoms with van der Waals surface area (Å²) in [6.07, 6.45) is 4.22. The molecule has 0 aliphatic heterocycles. The number of nitrogens with one attached hydrogen (secondary N) is 1. The molecule has 0 amide bonds. The molecule has 4 nitrogen and oxygen atoms in total. The summed E-state index contributed by atoms with van der Waals surface area (Å²) < 4.78 is 26.7. The summed E-state index contributed by atoms with van der Waals surface area (Å²) in [5, 5.41) is 1.15. The fourth-order valence-corrected chi connectivity index (χ4v) is 4.33. The molecular formula is C17H15Cl2N2O2S+. The van der Waals surface area contributed by atoms with Crippen LogP contribution in [0.3, 0.4) is 0 Å². The maximum absolute atomic E-state index is 12.7. The largest absolute Gasteiger partial charge is 0.335 e. The van der Waals surface area contributed by atoms with Crippen molar-refractivity contribution < 1.29 is 12.4 Å². The highest BCUT2D eigenvalue weighted by atomic mass is 35.5. The summed E-state index contributed by atoms with van der Waals surface area (Å²) in [6, 6.07) is 13.6. The van der Waals surface area contributed by atoms with E-state index in [0.717, 1.165) is 5.56 Å². The van der Waals surface area contributed by atoms with Gasteiger partial charge in [0.1, 0.15) is 17.3 Å². The van der Waals surface area contributed by atoms with E-state index in [0.29, 0.717) is 28.7 Å². The highest BCUT2D eigenvalue weighted by Gasteiger charge is 2.26. The Kier molecular flexibility index (Phi) is 4.94. The third-order valence-electron chi connectivity index (χ3n) is 3.67. The zero-order chi connectivity index (χ0) is 17.2. The van der Waals surface area contributed by atoms with Gasteiger partial charge in [0.05, 0.1) is 6.42 Å². The van der Waals surface area contributed by atoms with Crippen LogP contribution in [0.25, 0.3) is 0 Å². The van der Waals surface area contributed by atoms with Crippen molar-refractivity contribution in [3.05, 3.63) is 82.4 Å². The fraction of sp³-hybridized carbons (Fsp3) is 0.118. The van der Waals surface area contributed by atoms with Crippen LogP contribution in [0.5, 0.6) is 0 Å². The number of aromatic nitrogens is 2. The Labute approximate surface area is 150 Å². The Balaban J connectivity index is 1.86. The van der Waals surface area contributed by atoms with Gasteiger partial charge in [0.15, 0.2) is 0 Å². The van der Waals surface area contributed by atoms with Crippen molar-refractivity contribution in [2.75, 3.05) is 0 Å². The van der Waals surface area contributed by atoms with Crippen LogP contribution in [0.15, 0.2) is 65.8 Å². The van der Waals surface area contributed by atoms with Crippen LogP contribution >= 0.6 is 23.2 Å². The number of H-pyrrole nitrogens is 1. The van der Waals surface area contributed by atoms with Gasteiger partial charge in [0.2, 0.25) is 0 Å². The SMILES string of the molecule is O=S(=O)(c1ccccc1)[n+]1cc[nH]c1CCc1ccc(Cl)cc1Cl. The smallest absolute Gasteiger partial charge is 0.247 e. The first kappa shape index (κ1) is 17.0. The van der Waals surface area contributed by atoms with Crippen molar-refractivity contribution in [1.82, 2.24) is 4.98 Å². The van der Waals surface area contributed by atoms with E-state index in [2.05, 4.69) is 4.98 Å². The zero-order valence-corrected chi connectivity index (χ0v) is 14.9. The number of hydrogen-bond acceptors (Lipinski definition) is 2. The second kappa shape index (κ2) is 6.97. The average Bonchev–Trinajstić information content (AvgIpc) is 3.04. The number of halogens is 2. The number of benzene rings is 2. The number of imidazole rings is 1. The summed E-state index contributed by atoms with van der Waals surface area (Å²) in [5.41, 5.74) is 0.916. The Morgan fingerprint density at radius 3 is 2.46 bits per heavy atom. The molecule has 7 heteroatoms. The summed E-state index contributed by atoms with van der Waals surface area (Å²) in [7, 11) is -3.62. The van der Waals surface area contributed by atoms with Gasteiger partial charge in [-0.3, -0.25) is 0 Å². The first-order chi connectivity index (χ1) is 11.5. The number of nitrogens with zero attached hydrogens (tertiary/aromatic N) is 1. The van der Waals surface area contributed by atoms with E-state index in [1.165, 1.54) is 10.2 Å². The van der Waals surface area contributed by atoms with E-state index in [9.17, 15) is 8.42 Å². The van der Waals surface area contributed by atoms with E-state index in [1.54, 1.807) is 48.7 Å². The minimum atomic E-state index is -3.62. The Bertz CT molecular complexity index is 954. The molecule has 2 aromatic carbocycles. The Hall–Kier alpha value is -1.82. The Morgan fingerprint density at radius 1 is 1.00 bits per heavy atom. The lowest BCUT2D eigenvalue weighted by Gasteiger charge is -2.05. The van der Waals surface area contributed by atoms with E-state index < -0.39 is 10.0 Å². The quantitative estimate of drug-likeness (QED) is 0.686. The molecule has 0 saturated carbocycles. The molecule has 1 N–H and O–H groups in total. The van der Waals surface area contributed by atoms with Crippen LogP contribution in [0, 0.1) is 0 Å². The van der Waals surface area contributed by atoms with Crippen LogP contribution in [-0.4, -0.2) is 13.4 Å². The van der Waals surface area contributed by atoms with Crippen LogP contribution in [-0.2, 0) is 22.9 Å². The molecule has 0 aliphatic carbocycles. The molecule has 1 aromatic heterocycles. The van der Waals surface area contributed by atoms with Crippen molar-refractivity contribution in [3.8, 4) is 0 Å². The predicted octanol–water partition coefficient (Wildman–Crippen LogP) is 3.63. The van der Waals surface area contributed by atoms with Crippen LogP contribution < -0.4 is 3.97 Å². The van der Waals surface area contributed by atoms with Crippen LogP contribution in [0.2, 0.25) is 10.0 Å². The number of rotatable bonds is 5. The van der Waals surface area contributed by atoms with Gasteiger partial charge < -0.3 is 0 Å². The second-order valence-corrected chi connectivity index (χ2v) is 7.91. The predicted molar refractivity (Wildman–Crippen MR) is 93.9 cm³/mol. The summed E-state index contributed by atoms with van der Waals surface area (Å²) in [6.45, 7) is 0. The van der Waals surface area contributed by atoms with Gasteiger partial charge in [0, 0.05) is 10.0 Å². The van der Waals surface area contributed by atoms with Crippen molar-refractivity contribution in [3.63, 3.8) is 0 Å². The lowest BCUT2D eigenvalue weighted by atomic mass is 10.1. The molecule has 124 valence electrons. The second-order valence-electron chi connectivity index (χ2n) is 5.26. The van der Waals surface area contributed by atoms with E-state index in [-0.39, 0.29) is 4.90 Å². The summed E-state index contributed by atoms with van der Waals surface area (Å²) in [4.78, 5) is 3.25. The molecule has 0 saturated heterocycles. The number of aromatic amines is 1. The van der Waals surface area contributed by atoms with E-state index in [4.69, 9.17) is 23.2 Å². The van der Waals surface area contributed by atoms with Crippen molar-refractivity contribution in [2.24, 2.45) is 0 Å². The standard InChI is InChI=1S/C17H14Cl2N2O2S/c18-14-8-6-13(16(19)12-14)7-9-17-20-10-11-21(17)24(22,23)15-4-2-1-3-5-15/h1-6,8,10-12H,7,9H2/p+1. The normalized spacial score (nSPS) is 11.6. The molecule has 1 heterocycles. The molecule has 3 aromatic rings. The van der Waals surface area contributed by atoms with Crippen LogP contribution in [0.4, 0.5) is 0 Å². The summed E-state index contributed by atoms with van der Waals surface area (Å²) in [5.74, 6) is 0.588. The molecule has 0 fully saturated rings. The fourth-order valence-electron chi connectivity index (χ4n) is 2.45. The number of hydrogen-bond donors (Lipinski definition) is 1. The van der Waals surface area contributed by atoms with Gasteiger partial charge in [0.25, 0.3) is 5.82 Å². The molecule has 24 heavy (non-hydrogen) atoms. The minimum absolute atomic E-state index is 0.250. The third kappa shape index (κ3) is 3.48. The highest BCUT2D eigenvalue weighted by molar-refractivity contribution is 7.85. The molecule has 0 spiro atoms. The van der Waals surface area contributed by atoms with Gasteiger partial charge >= 0.3 is 10.0 Å². The third-order valence-corrected chi connectivity index (χ3v) is 5.99. The van der Waals surface area contributed by atoms with Crippen molar-refractivity contribution >= 4 is 33.2 Å².